The Morgan fingerprint density at radius 2 is 1.19 bits per heavy atom. The van der Waals surface area contributed by atoms with Crippen molar-refractivity contribution in [3.05, 3.63) is 127 Å². The van der Waals surface area contributed by atoms with Crippen LogP contribution in [0.1, 0.15) is 0 Å². The molecule has 7 aromatic rings. The van der Waals surface area contributed by atoms with Crippen LogP contribution in [0.25, 0.3) is 54.2 Å². The lowest BCUT2D eigenvalue weighted by Crippen LogP contribution is -1.94. The standard InChI is InChI=1S/C33H20FNO/c34-22-13-15-23(16-14-22)36-33-28-12-6-5-11-27(28)32(31-20-35-18-17-29(31)33)30-19-21-7-1-2-8-24(21)25-9-3-4-10-26(25)30/h1-20H. The first-order valence-electron chi connectivity index (χ1n) is 11.9. The summed E-state index contributed by atoms with van der Waals surface area (Å²) in [5.41, 5.74) is 2.29. The van der Waals surface area contributed by atoms with E-state index in [0.717, 1.165) is 38.4 Å². The summed E-state index contributed by atoms with van der Waals surface area (Å²) in [6.45, 7) is 0. The van der Waals surface area contributed by atoms with E-state index in [0.29, 0.717) is 5.75 Å². The lowest BCUT2D eigenvalue weighted by Gasteiger charge is -2.19. The molecular formula is C33H20FNO. The SMILES string of the molecule is Fc1ccc(Oc2c3ccccc3c(-c3cc4ccccc4c4ccccc34)c3cnccc23)cc1. The number of pyridine rings is 1. The van der Waals surface area contributed by atoms with E-state index in [1.807, 2.05) is 18.3 Å². The molecule has 0 atom stereocenters. The van der Waals surface area contributed by atoms with Crippen molar-refractivity contribution in [2.75, 3.05) is 0 Å². The largest absolute Gasteiger partial charge is 0.456 e. The molecule has 0 spiro atoms. The molecule has 36 heavy (non-hydrogen) atoms. The maximum atomic E-state index is 13.5. The molecule has 0 bridgehead atoms. The highest BCUT2D eigenvalue weighted by molar-refractivity contribution is 6.23. The molecule has 6 aromatic carbocycles. The van der Waals surface area contributed by atoms with E-state index in [-0.39, 0.29) is 5.82 Å². The average molecular weight is 466 g/mol. The maximum absolute atomic E-state index is 13.5. The predicted octanol–water partition coefficient (Wildman–Crippen LogP) is 9.29. The monoisotopic (exact) mass is 465 g/mol. The number of ether oxygens (including phenoxy) is 1. The Kier molecular flexibility index (Phi) is 4.68. The van der Waals surface area contributed by atoms with Gasteiger partial charge in [0.2, 0.25) is 0 Å². The molecule has 0 aliphatic heterocycles. The molecule has 0 fully saturated rings. The highest BCUT2D eigenvalue weighted by Crippen LogP contribution is 2.46. The molecule has 1 aromatic heterocycles. The van der Waals surface area contributed by atoms with Gasteiger partial charge in [-0.05, 0) is 74.5 Å². The minimum absolute atomic E-state index is 0.292. The van der Waals surface area contributed by atoms with Crippen LogP contribution in [0.15, 0.2) is 122 Å². The molecule has 2 nitrogen and oxygen atoms in total. The van der Waals surface area contributed by atoms with Gasteiger partial charge in [0.05, 0.1) is 0 Å². The van der Waals surface area contributed by atoms with Crippen LogP contribution in [0, 0.1) is 5.82 Å². The first kappa shape index (κ1) is 20.6. The molecule has 170 valence electrons. The summed E-state index contributed by atoms with van der Waals surface area (Å²) < 4.78 is 20.0. The smallest absolute Gasteiger partial charge is 0.143 e. The van der Waals surface area contributed by atoms with Crippen molar-refractivity contribution >= 4 is 43.1 Å². The fraction of sp³-hybridized carbons (Fsp3) is 0. The zero-order valence-electron chi connectivity index (χ0n) is 19.3. The maximum Gasteiger partial charge on any atom is 0.143 e. The second-order valence-electron chi connectivity index (χ2n) is 8.92. The highest BCUT2D eigenvalue weighted by atomic mass is 19.1. The van der Waals surface area contributed by atoms with Crippen LogP contribution in [0.5, 0.6) is 11.5 Å². The van der Waals surface area contributed by atoms with Gasteiger partial charge in [-0.25, -0.2) is 4.39 Å². The topological polar surface area (TPSA) is 22.1 Å². The Bertz CT molecular complexity index is 1870. The van der Waals surface area contributed by atoms with Crippen LogP contribution in [-0.4, -0.2) is 4.98 Å². The number of benzene rings is 6. The van der Waals surface area contributed by atoms with Crippen molar-refractivity contribution in [2.45, 2.75) is 0 Å². The summed E-state index contributed by atoms with van der Waals surface area (Å²) in [5.74, 6) is 1.03. The van der Waals surface area contributed by atoms with E-state index >= 15 is 0 Å². The zero-order valence-corrected chi connectivity index (χ0v) is 19.3. The van der Waals surface area contributed by atoms with E-state index in [2.05, 4.69) is 77.8 Å². The normalized spacial score (nSPS) is 11.5. The van der Waals surface area contributed by atoms with Crippen LogP contribution in [-0.2, 0) is 0 Å². The van der Waals surface area contributed by atoms with Crippen LogP contribution in [0.3, 0.4) is 0 Å². The lowest BCUT2D eigenvalue weighted by atomic mass is 9.87. The first-order chi connectivity index (χ1) is 17.8. The van der Waals surface area contributed by atoms with Gasteiger partial charge in [-0.2, -0.15) is 0 Å². The molecule has 0 amide bonds. The molecular weight excluding hydrogens is 445 g/mol. The molecule has 0 unspecified atom stereocenters. The number of fused-ring (bicyclic) bond motifs is 5. The second kappa shape index (κ2) is 8.17. The number of nitrogens with zero attached hydrogens (tertiary/aromatic N) is 1. The third-order valence-electron chi connectivity index (χ3n) is 6.85. The quantitative estimate of drug-likeness (QED) is 0.192. The molecule has 0 aliphatic carbocycles. The number of hydrogen-bond acceptors (Lipinski definition) is 2. The molecule has 0 saturated heterocycles. The van der Waals surface area contributed by atoms with Crippen molar-refractivity contribution in [3.63, 3.8) is 0 Å². The Hall–Kier alpha value is -4.76. The Morgan fingerprint density at radius 3 is 2.00 bits per heavy atom. The number of hydrogen-bond donors (Lipinski definition) is 0. The van der Waals surface area contributed by atoms with Crippen molar-refractivity contribution in [3.8, 4) is 22.6 Å². The van der Waals surface area contributed by atoms with Gasteiger partial charge < -0.3 is 4.74 Å². The van der Waals surface area contributed by atoms with Gasteiger partial charge in [-0.1, -0.05) is 72.8 Å². The van der Waals surface area contributed by atoms with Gasteiger partial charge in [0, 0.05) is 28.6 Å². The number of aromatic nitrogens is 1. The Balaban J connectivity index is 1.61. The van der Waals surface area contributed by atoms with E-state index in [4.69, 9.17) is 4.74 Å². The molecule has 0 N–H and O–H groups in total. The van der Waals surface area contributed by atoms with E-state index in [1.165, 1.54) is 33.7 Å². The van der Waals surface area contributed by atoms with Gasteiger partial charge >= 0.3 is 0 Å². The zero-order chi connectivity index (χ0) is 24.1. The van der Waals surface area contributed by atoms with Crippen molar-refractivity contribution in [2.24, 2.45) is 0 Å². The van der Waals surface area contributed by atoms with Gasteiger partial charge in [-0.3, -0.25) is 4.98 Å². The fourth-order valence-corrected chi connectivity index (χ4v) is 5.26. The summed E-state index contributed by atoms with van der Waals surface area (Å²) in [4.78, 5) is 4.50. The van der Waals surface area contributed by atoms with Crippen LogP contribution in [0.2, 0.25) is 0 Å². The molecule has 3 heteroatoms. The summed E-state index contributed by atoms with van der Waals surface area (Å²) in [6.07, 6.45) is 3.70. The minimum atomic E-state index is -0.292. The molecule has 0 aliphatic rings. The lowest BCUT2D eigenvalue weighted by molar-refractivity contribution is 0.491. The summed E-state index contributed by atoms with van der Waals surface area (Å²) in [7, 11) is 0. The molecule has 0 saturated carbocycles. The molecule has 1 heterocycles. The Morgan fingerprint density at radius 1 is 0.556 bits per heavy atom. The van der Waals surface area contributed by atoms with Gasteiger partial charge in [0.15, 0.2) is 0 Å². The summed E-state index contributed by atoms with van der Waals surface area (Å²) in [5, 5.41) is 8.88. The van der Waals surface area contributed by atoms with Crippen molar-refractivity contribution in [1.29, 1.82) is 0 Å². The summed E-state index contributed by atoms with van der Waals surface area (Å²) in [6, 6.07) is 35.8. The number of halogens is 1. The van der Waals surface area contributed by atoms with Gasteiger partial charge in [0.1, 0.15) is 17.3 Å². The van der Waals surface area contributed by atoms with Crippen LogP contribution in [0.4, 0.5) is 4.39 Å². The van der Waals surface area contributed by atoms with Crippen LogP contribution >= 0.6 is 0 Å². The van der Waals surface area contributed by atoms with E-state index < -0.39 is 0 Å². The third-order valence-corrected chi connectivity index (χ3v) is 6.85. The van der Waals surface area contributed by atoms with E-state index in [9.17, 15) is 4.39 Å². The average Bonchev–Trinajstić information content (AvgIpc) is 2.94. The Labute approximate surface area is 207 Å². The number of rotatable bonds is 3. The van der Waals surface area contributed by atoms with Crippen LogP contribution < -0.4 is 4.74 Å². The second-order valence-corrected chi connectivity index (χ2v) is 8.92. The van der Waals surface area contributed by atoms with Crippen molar-refractivity contribution < 1.29 is 9.13 Å². The summed E-state index contributed by atoms with van der Waals surface area (Å²) >= 11 is 0. The van der Waals surface area contributed by atoms with Gasteiger partial charge in [0.25, 0.3) is 0 Å². The predicted molar refractivity (Wildman–Crippen MR) is 146 cm³/mol. The molecule has 7 rings (SSSR count). The third kappa shape index (κ3) is 3.21. The minimum Gasteiger partial charge on any atom is -0.456 e. The fourth-order valence-electron chi connectivity index (χ4n) is 5.26. The highest BCUT2D eigenvalue weighted by Gasteiger charge is 2.19. The molecule has 0 radical (unpaired) electrons. The first-order valence-corrected chi connectivity index (χ1v) is 11.9. The van der Waals surface area contributed by atoms with E-state index in [1.54, 1.807) is 18.3 Å². The van der Waals surface area contributed by atoms with Crippen molar-refractivity contribution in [1.82, 2.24) is 4.98 Å². The van der Waals surface area contributed by atoms with Gasteiger partial charge in [-0.15, -0.1) is 0 Å².